The molecule has 1 aliphatic carbocycles. The van der Waals surface area contributed by atoms with E-state index in [1.54, 1.807) is 0 Å². The Morgan fingerprint density at radius 1 is 1.31 bits per heavy atom. The molecule has 29 heavy (non-hydrogen) atoms. The van der Waals surface area contributed by atoms with E-state index in [0.29, 0.717) is 12.5 Å². The summed E-state index contributed by atoms with van der Waals surface area (Å²) in [6.07, 6.45) is 5.76. The van der Waals surface area contributed by atoms with Gasteiger partial charge in [-0.05, 0) is 37.9 Å². The maximum atomic E-state index is 11.3. The molecule has 10 heteroatoms. The lowest BCUT2D eigenvalue weighted by molar-refractivity contribution is -0.147. The molecule has 0 bridgehead atoms. The number of methoxy groups -OCH3 is 1. The van der Waals surface area contributed by atoms with Crippen LogP contribution in [-0.4, -0.2) is 55.9 Å². The normalized spacial score (nSPS) is 26.9. The number of nitrogens with one attached hydrogen (secondary N) is 4. The van der Waals surface area contributed by atoms with Crippen molar-refractivity contribution in [2.75, 3.05) is 26.1 Å². The van der Waals surface area contributed by atoms with Gasteiger partial charge in [0, 0.05) is 6.04 Å². The number of esters is 1. The lowest BCUT2D eigenvalue weighted by Crippen LogP contribution is -2.61. The summed E-state index contributed by atoms with van der Waals surface area (Å²) in [7, 11) is 1.37. The largest absolute Gasteiger partial charge is 0.478 e. The minimum atomic E-state index is -0.344. The van der Waals surface area contributed by atoms with Crippen molar-refractivity contribution in [3.63, 3.8) is 0 Å². The lowest BCUT2D eigenvalue weighted by atomic mass is 10.2. The summed E-state index contributed by atoms with van der Waals surface area (Å²) < 4.78 is 16.3. The van der Waals surface area contributed by atoms with Crippen molar-refractivity contribution >= 4 is 17.7 Å². The van der Waals surface area contributed by atoms with Gasteiger partial charge >= 0.3 is 5.97 Å². The molecule has 0 aromatic carbocycles. The van der Waals surface area contributed by atoms with E-state index < -0.39 is 0 Å². The van der Waals surface area contributed by atoms with Crippen molar-refractivity contribution < 1.29 is 19.0 Å². The fraction of sp³-hybridized carbons (Fsp3) is 0.842. The Balaban J connectivity index is 1.97. The number of carbonyl (C=O) groups excluding carboxylic acids is 1. The number of nitrogens with two attached hydrogens (primary N) is 1. The Kier molecular flexibility index (Phi) is 10.9. The monoisotopic (exact) mass is 431 g/mol. The zero-order valence-electron chi connectivity index (χ0n) is 17.8. The highest BCUT2D eigenvalue weighted by molar-refractivity contribution is 7.99. The second-order valence-electron chi connectivity index (χ2n) is 7.27. The summed E-state index contributed by atoms with van der Waals surface area (Å²) >= 11 is 1.81. The van der Waals surface area contributed by atoms with Crippen molar-refractivity contribution in [1.29, 1.82) is 0 Å². The average Bonchev–Trinajstić information content (AvgIpc) is 3.18. The first-order valence-corrected chi connectivity index (χ1v) is 11.6. The van der Waals surface area contributed by atoms with Crippen LogP contribution < -0.4 is 27.2 Å². The van der Waals surface area contributed by atoms with E-state index in [4.69, 9.17) is 15.3 Å². The van der Waals surface area contributed by atoms with Crippen LogP contribution in [0.2, 0.25) is 0 Å². The fourth-order valence-electron chi connectivity index (χ4n) is 3.37. The van der Waals surface area contributed by atoms with Crippen molar-refractivity contribution in [2.45, 2.75) is 76.2 Å². The molecule has 0 aromatic rings. The third-order valence-corrected chi connectivity index (χ3v) is 6.18. The molecule has 9 nitrogen and oxygen atoms in total. The molecule has 2 unspecified atom stereocenters. The Labute approximate surface area is 178 Å². The van der Waals surface area contributed by atoms with Crippen LogP contribution in [0.25, 0.3) is 0 Å². The average molecular weight is 432 g/mol. The van der Waals surface area contributed by atoms with Crippen molar-refractivity contribution in [2.24, 2.45) is 5.84 Å². The summed E-state index contributed by atoms with van der Waals surface area (Å²) in [5.74, 6) is 7.23. The van der Waals surface area contributed by atoms with E-state index in [-0.39, 0.29) is 36.4 Å². The summed E-state index contributed by atoms with van der Waals surface area (Å²) in [6.45, 7) is 4.95. The Morgan fingerprint density at radius 2 is 2.14 bits per heavy atom. The molecule has 4 atom stereocenters. The molecule has 1 heterocycles. The number of hydrazine groups is 1. The summed E-state index contributed by atoms with van der Waals surface area (Å²) in [6, 6.07) is 0.255. The number of carbonyl (C=O) groups is 1. The molecule has 1 fully saturated rings. The number of hydrogen-bond donors (Lipinski definition) is 5. The third kappa shape index (κ3) is 7.86. The maximum absolute atomic E-state index is 11.3. The topological polar surface area (TPSA) is 119 Å². The molecule has 2 rings (SSSR count). The Bertz CT molecular complexity index is 537. The molecular weight excluding hydrogens is 394 g/mol. The number of rotatable bonds is 13. The molecule has 0 spiro atoms. The first kappa shape index (κ1) is 24.1. The number of thioether (sulfide) groups is 1. The molecular formula is C19H37N5O4S. The zero-order chi connectivity index (χ0) is 21.1. The number of unbranched alkanes of at least 4 members (excludes halogenated alkanes) is 1. The SMILES string of the molecule is CCCCOC1=C(NN)C(N[C@H]2CC[C@@H](OCC(=O)OC)C2)NC(SCCC)N1. The molecule has 0 aromatic heterocycles. The van der Waals surface area contributed by atoms with E-state index in [2.05, 4.69) is 40.0 Å². The first-order valence-electron chi connectivity index (χ1n) is 10.5. The predicted octanol–water partition coefficient (Wildman–Crippen LogP) is 1.08. The van der Waals surface area contributed by atoms with Crippen molar-refractivity contribution in [3.05, 3.63) is 11.6 Å². The highest BCUT2D eigenvalue weighted by Crippen LogP contribution is 2.24. The molecule has 1 aliphatic heterocycles. The van der Waals surface area contributed by atoms with Crippen molar-refractivity contribution in [3.8, 4) is 0 Å². The van der Waals surface area contributed by atoms with Gasteiger partial charge < -0.3 is 25.0 Å². The molecule has 0 saturated heterocycles. The van der Waals surface area contributed by atoms with Crippen LogP contribution in [0.1, 0.15) is 52.4 Å². The summed E-state index contributed by atoms with van der Waals surface area (Å²) in [5, 5.41) is 10.6. The second-order valence-corrected chi connectivity index (χ2v) is 8.48. The van der Waals surface area contributed by atoms with Gasteiger partial charge in [0.15, 0.2) is 0 Å². The van der Waals surface area contributed by atoms with E-state index in [0.717, 1.165) is 50.0 Å². The van der Waals surface area contributed by atoms with Gasteiger partial charge in [0.05, 0.1) is 19.8 Å². The first-order chi connectivity index (χ1) is 14.1. The van der Waals surface area contributed by atoms with Gasteiger partial charge in [0.25, 0.3) is 0 Å². The standard InChI is InChI=1S/C19H37N5O4S/c1-4-6-9-27-18-16(24-20)17(22-19(23-18)29-10-5-2)21-13-7-8-14(11-13)28-12-15(25)26-3/h13-14,17,19,21-24H,4-12,20H2,1-3H3/t13-,14+,17?,19?/m0/s1. The fourth-order valence-corrected chi connectivity index (χ4v) is 4.27. The molecule has 1 saturated carbocycles. The molecule has 0 amide bonds. The third-order valence-electron chi connectivity index (χ3n) is 4.95. The highest BCUT2D eigenvalue weighted by atomic mass is 32.2. The lowest BCUT2D eigenvalue weighted by Gasteiger charge is -2.37. The molecule has 6 N–H and O–H groups in total. The maximum Gasteiger partial charge on any atom is 0.331 e. The summed E-state index contributed by atoms with van der Waals surface area (Å²) in [5.41, 5.74) is 3.61. The van der Waals surface area contributed by atoms with Crippen LogP contribution in [0.5, 0.6) is 0 Å². The van der Waals surface area contributed by atoms with E-state index in [1.807, 2.05) is 11.8 Å². The predicted molar refractivity (Wildman–Crippen MR) is 114 cm³/mol. The minimum absolute atomic E-state index is 0.000141. The van der Waals surface area contributed by atoms with Gasteiger partial charge in [-0.2, -0.15) is 0 Å². The van der Waals surface area contributed by atoms with E-state index in [9.17, 15) is 4.79 Å². The van der Waals surface area contributed by atoms with Crippen LogP contribution in [0.4, 0.5) is 0 Å². The van der Waals surface area contributed by atoms with Gasteiger partial charge in [0.1, 0.15) is 24.0 Å². The van der Waals surface area contributed by atoms with Crippen LogP contribution in [0.3, 0.4) is 0 Å². The van der Waals surface area contributed by atoms with Gasteiger partial charge in [-0.3, -0.25) is 16.5 Å². The Hall–Kier alpha value is -1.20. The number of hydrogen-bond acceptors (Lipinski definition) is 10. The minimum Gasteiger partial charge on any atom is -0.478 e. The zero-order valence-corrected chi connectivity index (χ0v) is 18.6. The van der Waals surface area contributed by atoms with Gasteiger partial charge in [0.2, 0.25) is 5.88 Å². The quantitative estimate of drug-likeness (QED) is 0.125. The van der Waals surface area contributed by atoms with E-state index in [1.165, 1.54) is 7.11 Å². The van der Waals surface area contributed by atoms with Crippen molar-refractivity contribution in [1.82, 2.24) is 21.4 Å². The molecule has 2 aliphatic rings. The van der Waals surface area contributed by atoms with Crippen LogP contribution in [-0.2, 0) is 19.0 Å². The Morgan fingerprint density at radius 3 is 2.83 bits per heavy atom. The smallest absolute Gasteiger partial charge is 0.331 e. The molecule has 0 radical (unpaired) electrons. The van der Waals surface area contributed by atoms with Gasteiger partial charge in [-0.1, -0.05) is 20.3 Å². The summed E-state index contributed by atoms with van der Waals surface area (Å²) in [4.78, 5) is 11.3. The second kappa shape index (κ2) is 13.2. The number of ether oxygens (including phenoxy) is 3. The van der Waals surface area contributed by atoms with Crippen LogP contribution in [0.15, 0.2) is 11.6 Å². The molecule has 168 valence electrons. The van der Waals surface area contributed by atoms with E-state index >= 15 is 0 Å². The highest BCUT2D eigenvalue weighted by Gasteiger charge is 2.33. The van der Waals surface area contributed by atoms with Gasteiger partial charge in [-0.15, -0.1) is 11.8 Å². The van der Waals surface area contributed by atoms with Crippen LogP contribution in [0, 0.1) is 0 Å². The van der Waals surface area contributed by atoms with Gasteiger partial charge in [-0.25, -0.2) is 4.79 Å². The van der Waals surface area contributed by atoms with Crippen LogP contribution >= 0.6 is 11.8 Å².